The minimum absolute atomic E-state index is 0.182. The number of benzene rings is 2. The van der Waals surface area contributed by atoms with Gasteiger partial charge >= 0.3 is 5.97 Å². The summed E-state index contributed by atoms with van der Waals surface area (Å²) in [5.41, 5.74) is 2.62. The molecule has 0 saturated heterocycles. The Morgan fingerprint density at radius 1 is 1.08 bits per heavy atom. The molecular formula is C17H15BrN2O3S. The van der Waals surface area contributed by atoms with Gasteiger partial charge in [-0.15, -0.1) is 0 Å². The Kier molecular flexibility index (Phi) is 6.05. The van der Waals surface area contributed by atoms with Gasteiger partial charge in [0.2, 0.25) is 0 Å². The van der Waals surface area contributed by atoms with Gasteiger partial charge < -0.3 is 10.1 Å². The number of rotatable bonds is 3. The molecule has 0 radical (unpaired) electrons. The molecule has 0 aliphatic heterocycles. The van der Waals surface area contributed by atoms with Crippen LogP contribution in [0.15, 0.2) is 46.9 Å². The summed E-state index contributed by atoms with van der Waals surface area (Å²) in [6.07, 6.45) is 0. The molecule has 0 unspecified atom stereocenters. The zero-order chi connectivity index (χ0) is 17.7. The SMILES string of the molecule is COC(=O)c1ccc(C(=O)NC(=S)Nc2ccc(C)cc2Br)cc1. The molecule has 0 heterocycles. The number of amides is 1. The molecule has 0 aliphatic carbocycles. The molecule has 0 aromatic heterocycles. The Balaban J connectivity index is 2.01. The highest BCUT2D eigenvalue weighted by Gasteiger charge is 2.11. The van der Waals surface area contributed by atoms with E-state index >= 15 is 0 Å². The highest BCUT2D eigenvalue weighted by molar-refractivity contribution is 9.10. The fourth-order valence-electron chi connectivity index (χ4n) is 1.93. The second-order valence-electron chi connectivity index (χ2n) is 4.96. The van der Waals surface area contributed by atoms with Crippen LogP contribution >= 0.6 is 28.1 Å². The molecule has 24 heavy (non-hydrogen) atoms. The predicted molar refractivity (Wildman–Crippen MR) is 100 cm³/mol. The van der Waals surface area contributed by atoms with Crippen LogP contribution in [0.4, 0.5) is 5.69 Å². The predicted octanol–water partition coefficient (Wildman–Crippen LogP) is 3.67. The van der Waals surface area contributed by atoms with Gasteiger partial charge in [0, 0.05) is 10.0 Å². The largest absolute Gasteiger partial charge is 0.465 e. The maximum absolute atomic E-state index is 12.2. The molecule has 2 rings (SSSR count). The highest BCUT2D eigenvalue weighted by atomic mass is 79.9. The Hall–Kier alpha value is -2.25. The van der Waals surface area contributed by atoms with Gasteiger partial charge in [0.1, 0.15) is 0 Å². The van der Waals surface area contributed by atoms with Crippen LogP contribution in [-0.4, -0.2) is 24.1 Å². The van der Waals surface area contributed by atoms with Crippen LogP contribution in [0.2, 0.25) is 0 Å². The molecule has 0 atom stereocenters. The zero-order valence-electron chi connectivity index (χ0n) is 13.1. The Bertz CT molecular complexity index is 791. The third-order valence-electron chi connectivity index (χ3n) is 3.17. The lowest BCUT2D eigenvalue weighted by Gasteiger charge is -2.11. The minimum Gasteiger partial charge on any atom is -0.465 e. The van der Waals surface area contributed by atoms with E-state index in [0.717, 1.165) is 15.7 Å². The number of hydrogen-bond acceptors (Lipinski definition) is 4. The lowest BCUT2D eigenvalue weighted by atomic mass is 10.1. The molecule has 2 N–H and O–H groups in total. The average Bonchev–Trinajstić information content (AvgIpc) is 2.56. The molecule has 7 heteroatoms. The average molecular weight is 407 g/mol. The Morgan fingerprint density at radius 3 is 2.29 bits per heavy atom. The van der Waals surface area contributed by atoms with Gasteiger partial charge in [-0.25, -0.2) is 4.79 Å². The van der Waals surface area contributed by atoms with Crippen molar-refractivity contribution in [1.82, 2.24) is 5.32 Å². The molecule has 5 nitrogen and oxygen atoms in total. The van der Waals surface area contributed by atoms with Gasteiger partial charge in [0.25, 0.3) is 5.91 Å². The van der Waals surface area contributed by atoms with E-state index < -0.39 is 5.97 Å². The summed E-state index contributed by atoms with van der Waals surface area (Å²) in [4.78, 5) is 23.5. The molecule has 0 spiro atoms. The number of carbonyl (C=O) groups excluding carboxylic acids is 2. The van der Waals surface area contributed by atoms with Crippen molar-refractivity contribution in [2.24, 2.45) is 0 Å². The molecule has 0 bridgehead atoms. The van der Waals surface area contributed by atoms with Crippen LogP contribution in [0.5, 0.6) is 0 Å². The molecule has 0 aliphatic rings. The normalized spacial score (nSPS) is 9.96. The van der Waals surface area contributed by atoms with Crippen molar-refractivity contribution in [1.29, 1.82) is 0 Å². The number of aryl methyl sites for hydroxylation is 1. The van der Waals surface area contributed by atoms with E-state index in [1.54, 1.807) is 0 Å². The Labute approximate surface area is 153 Å². The standard InChI is InChI=1S/C17H15BrN2O3S/c1-10-3-8-14(13(18)9-10)19-17(24)20-15(21)11-4-6-12(7-5-11)16(22)23-2/h3-9H,1-2H3,(H2,19,20,21,24). The second-order valence-corrected chi connectivity index (χ2v) is 6.22. The maximum Gasteiger partial charge on any atom is 0.337 e. The number of ether oxygens (including phenoxy) is 1. The maximum atomic E-state index is 12.2. The summed E-state index contributed by atoms with van der Waals surface area (Å²) < 4.78 is 5.46. The molecule has 2 aromatic rings. The second kappa shape index (κ2) is 8.03. The van der Waals surface area contributed by atoms with Gasteiger partial charge in [-0.3, -0.25) is 10.1 Å². The summed E-state index contributed by atoms with van der Waals surface area (Å²) in [7, 11) is 1.30. The van der Waals surface area contributed by atoms with E-state index in [0.29, 0.717) is 11.1 Å². The third kappa shape index (κ3) is 4.62. The molecule has 0 fully saturated rings. The third-order valence-corrected chi connectivity index (χ3v) is 4.03. The van der Waals surface area contributed by atoms with Crippen LogP contribution in [0.25, 0.3) is 0 Å². The van der Waals surface area contributed by atoms with Crippen LogP contribution in [0.1, 0.15) is 26.3 Å². The van der Waals surface area contributed by atoms with E-state index in [2.05, 4.69) is 31.3 Å². The monoisotopic (exact) mass is 406 g/mol. The van der Waals surface area contributed by atoms with Crippen LogP contribution in [0, 0.1) is 6.92 Å². The zero-order valence-corrected chi connectivity index (χ0v) is 15.5. The van der Waals surface area contributed by atoms with Gasteiger partial charge in [0.05, 0.1) is 18.4 Å². The van der Waals surface area contributed by atoms with Gasteiger partial charge in [-0.05, 0) is 77.0 Å². The lowest BCUT2D eigenvalue weighted by Crippen LogP contribution is -2.34. The quantitative estimate of drug-likeness (QED) is 0.601. The fraction of sp³-hybridized carbons (Fsp3) is 0.118. The topological polar surface area (TPSA) is 67.4 Å². The van der Waals surface area contributed by atoms with E-state index in [1.807, 2.05) is 25.1 Å². The molecule has 1 amide bonds. The minimum atomic E-state index is -0.455. The molecule has 124 valence electrons. The number of thiocarbonyl (C=S) groups is 1. The summed E-state index contributed by atoms with van der Waals surface area (Å²) in [6.45, 7) is 1.98. The number of anilines is 1. The van der Waals surface area contributed by atoms with Gasteiger partial charge in [-0.2, -0.15) is 0 Å². The van der Waals surface area contributed by atoms with Crippen molar-refractivity contribution in [2.45, 2.75) is 6.92 Å². The van der Waals surface area contributed by atoms with Crippen molar-refractivity contribution in [3.8, 4) is 0 Å². The number of nitrogens with one attached hydrogen (secondary N) is 2. The van der Waals surface area contributed by atoms with Crippen molar-refractivity contribution in [3.63, 3.8) is 0 Å². The number of carbonyl (C=O) groups is 2. The number of halogens is 1. The first kappa shape index (κ1) is 18.1. The van der Waals surface area contributed by atoms with Crippen molar-refractivity contribution in [3.05, 3.63) is 63.6 Å². The van der Waals surface area contributed by atoms with Gasteiger partial charge in [0.15, 0.2) is 5.11 Å². The lowest BCUT2D eigenvalue weighted by molar-refractivity contribution is 0.0600. The van der Waals surface area contributed by atoms with E-state index in [-0.39, 0.29) is 11.0 Å². The van der Waals surface area contributed by atoms with Crippen LogP contribution < -0.4 is 10.6 Å². The van der Waals surface area contributed by atoms with E-state index in [1.165, 1.54) is 31.4 Å². The number of methoxy groups -OCH3 is 1. The van der Waals surface area contributed by atoms with Gasteiger partial charge in [-0.1, -0.05) is 6.07 Å². The van der Waals surface area contributed by atoms with Crippen molar-refractivity contribution >= 4 is 50.8 Å². The molecule has 2 aromatic carbocycles. The summed E-state index contributed by atoms with van der Waals surface area (Å²) >= 11 is 8.59. The van der Waals surface area contributed by atoms with Crippen molar-refractivity contribution < 1.29 is 14.3 Å². The van der Waals surface area contributed by atoms with E-state index in [9.17, 15) is 9.59 Å². The summed E-state index contributed by atoms with van der Waals surface area (Å²) in [6, 6.07) is 11.9. The smallest absolute Gasteiger partial charge is 0.337 e. The first-order valence-electron chi connectivity index (χ1n) is 6.97. The number of esters is 1. The first-order chi connectivity index (χ1) is 11.4. The van der Waals surface area contributed by atoms with E-state index in [4.69, 9.17) is 12.2 Å². The summed E-state index contributed by atoms with van der Waals surface area (Å²) in [5.74, 6) is -0.824. The van der Waals surface area contributed by atoms with Crippen LogP contribution in [0.3, 0.4) is 0 Å². The number of hydrogen-bond donors (Lipinski definition) is 2. The van der Waals surface area contributed by atoms with Crippen molar-refractivity contribution in [2.75, 3.05) is 12.4 Å². The van der Waals surface area contributed by atoms with Crippen LogP contribution in [-0.2, 0) is 4.74 Å². The summed E-state index contributed by atoms with van der Waals surface area (Å²) in [5, 5.41) is 5.73. The highest BCUT2D eigenvalue weighted by Crippen LogP contribution is 2.23. The molecule has 0 saturated carbocycles. The first-order valence-corrected chi connectivity index (χ1v) is 8.17. The fourth-order valence-corrected chi connectivity index (χ4v) is 2.72. The Morgan fingerprint density at radius 2 is 1.71 bits per heavy atom. The molecular weight excluding hydrogens is 392 g/mol.